The summed E-state index contributed by atoms with van der Waals surface area (Å²) in [6, 6.07) is -0.820. The molecule has 5 heteroatoms. The lowest BCUT2D eigenvalue weighted by Crippen LogP contribution is -2.33. The Morgan fingerprint density at radius 3 is 1.95 bits per heavy atom. The molecule has 5 nitrogen and oxygen atoms in total. The highest BCUT2D eigenvalue weighted by Gasteiger charge is 2.15. The van der Waals surface area contributed by atoms with Crippen LogP contribution in [0.1, 0.15) is 84.0 Å². The summed E-state index contributed by atoms with van der Waals surface area (Å²) >= 11 is 0. The van der Waals surface area contributed by atoms with Crippen LogP contribution in [0.2, 0.25) is 0 Å². The molecule has 130 valence electrons. The average Bonchev–Trinajstić information content (AvgIpc) is 2.49. The van der Waals surface area contributed by atoms with Gasteiger partial charge in [-0.05, 0) is 12.8 Å². The Morgan fingerprint density at radius 2 is 1.45 bits per heavy atom. The van der Waals surface area contributed by atoms with Gasteiger partial charge in [0.05, 0.1) is 6.61 Å². The van der Waals surface area contributed by atoms with Crippen molar-refractivity contribution in [3.8, 4) is 0 Å². The van der Waals surface area contributed by atoms with Gasteiger partial charge in [-0.2, -0.15) is 0 Å². The molecule has 0 rings (SSSR count). The van der Waals surface area contributed by atoms with E-state index in [-0.39, 0.29) is 12.8 Å². The molecule has 0 aromatic carbocycles. The van der Waals surface area contributed by atoms with E-state index in [4.69, 9.17) is 15.6 Å². The van der Waals surface area contributed by atoms with Crippen molar-refractivity contribution >= 4 is 11.9 Å². The SMILES string of the molecule is CCCCCCCCCCCCOC(=O)[C@@H](N)CCC(=O)O. The third-order valence-corrected chi connectivity index (χ3v) is 3.71. The van der Waals surface area contributed by atoms with Crippen LogP contribution in [0.5, 0.6) is 0 Å². The summed E-state index contributed by atoms with van der Waals surface area (Å²) in [5.41, 5.74) is 5.56. The minimum absolute atomic E-state index is 0.103. The summed E-state index contributed by atoms with van der Waals surface area (Å²) in [6.07, 6.45) is 12.3. The van der Waals surface area contributed by atoms with Gasteiger partial charge in [-0.1, -0.05) is 64.7 Å². The van der Waals surface area contributed by atoms with Crippen molar-refractivity contribution < 1.29 is 19.4 Å². The molecule has 0 bridgehead atoms. The number of hydrogen-bond donors (Lipinski definition) is 2. The summed E-state index contributed by atoms with van der Waals surface area (Å²) in [4.78, 5) is 21.9. The lowest BCUT2D eigenvalue weighted by Gasteiger charge is -2.10. The van der Waals surface area contributed by atoms with Gasteiger partial charge in [0.15, 0.2) is 0 Å². The van der Waals surface area contributed by atoms with Crippen molar-refractivity contribution in [3.63, 3.8) is 0 Å². The number of ether oxygens (including phenoxy) is 1. The zero-order chi connectivity index (χ0) is 16.6. The Morgan fingerprint density at radius 1 is 0.955 bits per heavy atom. The van der Waals surface area contributed by atoms with Crippen LogP contribution in [0.15, 0.2) is 0 Å². The van der Waals surface area contributed by atoms with Crippen molar-refractivity contribution in [1.82, 2.24) is 0 Å². The molecule has 0 heterocycles. The van der Waals surface area contributed by atoms with Crippen LogP contribution in [0.4, 0.5) is 0 Å². The minimum Gasteiger partial charge on any atom is -0.481 e. The first-order valence-electron chi connectivity index (χ1n) is 8.72. The van der Waals surface area contributed by atoms with Crippen LogP contribution >= 0.6 is 0 Å². The number of nitrogens with two attached hydrogens (primary N) is 1. The van der Waals surface area contributed by atoms with Gasteiger partial charge in [0.1, 0.15) is 6.04 Å². The van der Waals surface area contributed by atoms with Crippen LogP contribution in [-0.2, 0) is 14.3 Å². The molecule has 0 saturated carbocycles. The van der Waals surface area contributed by atoms with E-state index in [1.807, 2.05) is 0 Å². The van der Waals surface area contributed by atoms with E-state index in [0.29, 0.717) is 6.61 Å². The van der Waals surface area contributed by atoms with Gasteiger partial charge >= 0.3 is 11.9 Å². The molecule has 0 fully saturated rings. The first-order valence-corrected chi connectivity index (χ1v) is 8.72. The number of carboxylic acids is 1. The smallest absolute Gasteiger partial charge is 0.322 e. The van der Waals surface area contributed by atoms with Crippen molar-refractivity contribution in [2.75, 3.05) is 6.61 Å². The number of carbonyl (C=O) groups excluding carboxylic acids is 1. The fraction of sp³-hybridized carbons (Fsp3) is 0.882. The third-order valence-electron chi connectivity index (χ3n) is 3.71. The summed E-state index contributed by atoms with van der Waals surface area (Å²) in [6.45, 7) is 2.61. The van der Waals surface area contributed by atoms with E-state index in [1.165, 1.54) is 51.4 Å². The monoisotopic (exact) mass is 315 g/mol. The van der Waals surface area contributed by atoms with Gasteiger partial charge in [0.25, 0.3) is 0 Å². The molecule has 1 atom stereocenters. The predicted molar refractivity (Wildman–Crippen MR) is 87.6 cm³/mol. The normalized spacial score (nSPS) is 12.1. The number of aliphatic carboxylic acids is 1. The van der Waals surface area contributed by atoms with Crippen LogP contribution in [0.25, 0.3) is 0 Å². The zero-order valence-electron chi connectivity index (χ0n) is 14.0. The molecule has 0 aromatic heterocycles. The highest BCUT2D eigenvalue weighted by molar-refractivity contribution is 5.76. The fourth-order valence-electron chi connectivity index (χ4n) is 2.27. The van der Waals surface area contributed by atoms with Gasteiger partial charge in [-0.25, -0.2) is 0 Å². The predicted octanol–water partition coefficient (Wildman–Crippen LogP) is 3.64. The van der Waals surface area contributed by atoms with Gasteiger partial charge in [-0.3, -0.25) is 9.59 Å². The Kier molecular flexibility index (Phi) is 14.1. The standard InChI is InChI=1S/C17H33NO4/c1-2-3-4-5-6-7-8-9-10-11-14-22-17(21)15(18)12-13-16(19)20/h15H,2-14,18H2,1H3,(H,19,20)/t15-/m0/s1. The molecule has 0 radical (unpaired) electrons. The van der Waals surface area contributed by atoms with Gasteiger partial charge in [0, 0.05) is 6.42 Å². The summed E-state index contributed by atoms with van der Waals surface area (Å²) in [5.74, 6) is -1.44. The number of carbonyl (C=O) groups is 2. The summed E-state index contributed by atoms with van der Waals surface area (Å²) in [5, 5.41) is 8.51. The van der Waals surface area contributed by atoms with E-state index in [1.54, 1.807) is 0 Å². The molecule has 0 aromatic rings. The Balaban J connectivity index is 3.31. The molecule has 0 unspecified atom stereocenters. The number of unbranched alkanes of at least 4 members (excludes halogenated alkanes) is 9. The fourth-order valence-corrected chi connectivity index (χ4v) is 2.27. The van der Waals surface area contributed by atoms with Gasteiger partial charge in [0.2, 0.25) is 0 Å². The second-order valence-electron chi connectivity index (χ2n) is 5.89. The lowest BCUT2D eigenvalue weighted by molar-refractivity contribution is -0.145. The minimum atomic E-state index is -0.946. The Bertz CT molecular complexity index is 294. The summed E-state index contributed by atoms with van der Waals surface area (Å²) < 4.78 is 5.05. The van der Waals surface area contributed by atoms with Gasteiger partial charge < -0.3 is 15.6 Å². The molecule has 3 N–H and O–H groups in total. The number of rotatable bonds is 15. The van der Waals surface area contributed by atoms with Crippen molar-refractivity contribution in [2.24, 2.45) is 5.73 Å². The first-order chi connectivity index (χ1) is 10.6. The van der Waals surface area contributed by atoms with Crippen molar-refractivity contribution in [3.05, 3.63) is 0 Å². The molecule has 0 spiro atoms. The molecule has 22 heavy (non-hydrogen) atoms. The maximum Gasteiger partial charge on any atom is 0.322 e. The van der Waals surface area contributed by atoms with Crippen molar-refractivity contribution in [2.45, 2.75) is 90.0 Å². The topological polar surface area (TPSA) is 89.6 Å². The maximum atomic E-state index is 11.5. The Labute approximate surface area is 134 Å². The average molecular weight is 315 g/mol. The molecule has 0 aliphatic rings. The largest absolute Gasteiger partial charge is 0.481 e. The second-order valence-corrected chi connectivity index (χ2v) is 5.89. The van der Waals surface area contributed by atoms with Crippen molar-refractivity contribution in [1.29, 1.82) is 0 Å². The van der Waals surface area contributed by atoms with Crippen LogP contribution < -0.4 is 5.73 Å². The molecule has 0 saturated heterocycles. The maximum absolute atomic E-state index is 11.5. The molecule has 0 aliphatic carbocycles. The highest BCUT2D eigenvalue weighted by atomic mass is 16.5. The molecular weight excluding hydrogens is 282 g/mol. The number of esters is 1. The Hall–Kier alpha value is -1.10. The van der Waals surface area contributed by atoms with E-state index >= 15 is 0 Å². The molecular formula is C17H33NO4. The second kappa shape index (κ2) is 14.8. The first kappa shape index (κ1) is 20.9. The number of hydrogen-bond acceptors (Lipinski definition) is 4. The van der Waals surface area contributed by atoms with Gasteiger partial charge in [-0.15, -0.1) is 0 Å². The zero-order valence-corrected chi connectivity index (χ0v) is 14.0. The quantitative estimate of drug-likeness (QED) is 0.356. The molecule has 0 amide bonds. The highest BCUT2D eigenvalue weighted by Crippen LogP contribution is 2.10. The van der Waals surface area contributed by atoms with Crippen LogP contribution in [-0.4, -0.2) is 29.7 Å². The van der Waals surface area contributed by atoms with E-state index < -0.39 is 18.0 Å². The van der Waals surface area contributed by atoms with E-state index in [9.17, 15) is 9.59 Å². The van der Waals surface area contributed by atoms with E-state index in [0.717, 1.165) is 12.8 Å². The van der Waals surface area contributed by atoms with Crippen LogP contribution in [0.3, 0.4) is 0 Å². The molecule has 0 aliphatic heterocycles. The third kappa shape index (κ3) is 13.9. The summed E-state index contributed by atoms with van der Waals surface area (Å²) in [7, 11) is 0. The lowest BCUT2D eigenvalue weighted by atomic mass is 10.1. The van der Waals surface area contributed by atoms with E-state index in [2.05, 4.69) is 6.92 Å². The number of carboxylic acid groups (broad SMARTS) is 1. The van der Waals surface area contributed by atoms with Crippen LogP contribution in [0, 0.1) is 0 Å².